The first-order chi connectivity index (χ1) is 11.5. The van der Waals surface area contributed by atoms with Gasteiger partial charge in [0.05, 0.1) is 5.92 Å². The number of hydrogen-bond donors (Lipinski definition) is 0. The minimum absolute atomic E-state index is 0.148. The van der Waals surface area contributed by atoms with E-state index in [4.69, 9.17) is 4.74 Å². The monoisotopic (exact) mass is 324 g/mol. The number of allylic oxidation sites excluding steroid dienone is 1. The summed E-state index contributed by atoms with van der Waals surface area (Å²) in [7, 11) is 0. The number of rotatable bonds is 4. The molecule has 0 aliphatic carbocycles. The average molecular weight is 324 g/mol. The second-order valence-electron chi connectivity index (χ2n) is 5.82. The number of halogens is 1. The lowest BCUT2D eigenvalue weighted by molar-refractivity contribution is -0.113. The van der Waals surface area contributed by atoms with Crippen LogP contribution in [0.25, 0.3) is 0 Å². The van der Waals surface area contributed by atoms with Crippen LogP contribution in [0.3, 0.4) is 0 Å². The van der Waals surface area contributed by atoms with Crippen LogP contribution in [-0.4, -0.2) is 17.7 Å². The molecule has 0 saturated heterocycles. The van der Waals surface area contributed by atoms with Crippen LogP contribution in [0.2, 0.25) is 0 Å². The normalized spacial score (nSPS) is 20.0. The molecule has 0 saturated carbocycles. The van der Waals surface area contributed by atoms with E-state index in [-0.39, 0.29) is 17.4 Å². The lowest BCUT2D eigenvalue weighted by Crippen LogP contribution is -2.28. The Kier molecular flexibility index (Phi) is 4.30. The maximum atomic E-state index is 13.2. The van der Waals surface area contributed by atoms with Crippen molar-refractivity contribution in [3.8, 4) is 0 Å². The van der Waals surface area contributed by atoms with E-state index in [1.54, 1.807) is 43.3 Å². The predicted molar refractivity (Wildman–Crippen MR) is 88.2 cm³/mol. The van der Waals surface area contributed by atoms with E-state index in [9.17, 15) is 14.0 Å². The molecule has 3 rings (SSSR count). The van der Waals surface area contributed by atoms with Gasteiger partial charge in [-0.25, -0.2) is 4.39 Å². The lowest BCUT2D eigenvalue weighted by atomic mass is 9.83. The molecule has 2 atom stereocenters. The molecule has 0 aromatic heterocycles. The third-order valence-corrected chi connectivity index (χ3v) is 4.22. The zero-order valence-electron chi connectivity index (χ0n) is 13.5. The second-order valence-corrected chi connectivity index (χ2v) is 5.82. The third-order valence-electron chi connectivity index (χ3n) is 4.22. The molecule has 2 aromatic rings. The van der Waals surface area contributed by atoms with Crippen molar-refractivity contribution in [1.82, 2.24) is 0 Å². The number of carbonyl (C=O) groups excluding carboxylic acids is 2. The molecule has 0 fully saturated rings. The molecular formula is C20H17FO3. The van der Waals surface area contributed by atoms with E-state index in [0.717, 1.165) is 0 Å². The number of carbonyl (C=O) groups is 2. The van der Waals surface area contributed by atoms with Gasteiger partial charge in [-0.05, 0) is 31.5 Å². The summed E-state index contributed by atoms with van der Waals surface area (Å²) in [5.41, 5.74) is 1.68. The molecule has 2 aromatic carbocycles. The molecular weight excluding hydrogens is 307 g/mol. The molecule has 122 valence electrons. The number of hydrogen-bond acceptors (Lipinski definition) is 3. The number of ketones is 2. The molecule has 0 unspecified atom stereocenters. The van der Waals surface area contributed by atoms with Gasteiger partial charge in [0.2, 0.25) is 5.78 Å². The first-order valence-electron chi connectivity index (χ1n) is 7.72. The largest absolute Gasteiger partial charge is 0.485 e. The van der Waals surface area contributed by atoms with Crippen molar-refractivity contribution >= 4 is 11.6 Å². The molecule has 24 heavy (non-hydrogen) atoms. The van der Waals surface area contributed by atoms with Crippen molar-refractivity contribution in [2.45, 2.75) is 25.9 Å². The highest BCUT2D eigenvalue weighted by Crippen LogP contribution is 2.40. The Morgan fingerprint density at radius 1 is 1.00 bits per heavy atom. The zero-order chi connectivity index (χ0) is 17.3. The molecule has 1 aliphatic heterocycles. The maximum absolute atomic E-state index is 13.2. The standard InChI is InChI=1S/C20H17FO3/c1-12(22)17-13(2)24-20(19(23)15-6-4-3-5-7-15)18(17)14-8-10-16(21)11-9-14/h3-11,18,20H,1-2H3/t18-,20-/m0/s1. The van der Waals surface area contributed by atoms with E-state index in [1.165, 1.54) is 19.1 Å². The average Bonchev–Trinajstić information content (AvgIpc) is 2.93. The van der Waals surface area contributed by atoms with Crippen molar-refractivity contribution in [3.05, 3.63) is 82.9 Å². The Bertz CT molecular complexity index is 807. The molecule has 1 heterocycles. The molecule has 4 heteroatoms. The molecule has 0 radical (unpaired) electrons. The molecule has 0 spiro atoms. The number of Topliss-reactive ketones (excluding diaryl/α,β-unsaturated/α-hetero) is 2. The molecule has 0 N–H and O–H groups in total. The van der Waals surface area contributed by atoms with E-state index < -0.39 is 12.0 Å². The van der Waals surface area contributed by atoms with E-state index in [2.05, 4.69) is 0 Å². The summed E-state index contributed by atoms with van der Waals surface area (Å²) in [5.74, 6) is -0.790. The Labute approximate surface area is 139 Å². The van der Waals surface area contributed by atoms with Gasteiger partial charge in [0.25, 0.3) is 0 Å². The van der Waals surface area contributed by atoms with E-state index >= 15 is 0 Å². The topological polar surface area (TPSA) is 43.4 Å². The van der Waals surface area contributed by atoms with Crippen LogP contribution in [-0.2, 0) is 9.53 Å². The van der Waals surface area contributed by atoms with Crippen LogP contribution in [0.15, 0.2) is 65.9 Å². The van der Waals surface area contributed by atoms with Crippen molar-refractivity contribution < 1.29 is 18.7 Å². The highest BCUT2D eigenvalue weighted by molar-refractivity contribution is 6.04. The quantitative estimate of drug-likeness (QED) is 0.797. The second kappa shape index (κ2) is 6.40. The van der Waals surface area contributed by atoms with Gasteiger partial charge in [-0.3, -0.25) is 9.59 Å². The first-order valence-corrected chi connectivity index (χ1v) is 7.72. The molecule has 3 nitrogen and oxygen atoms in total. The van der Waals surface area contributed by atoms with Gasteiger partial charge in [-0.15, -0.1) is 0 Å². The number of ether oxygens (including phenoxy) is 1. The lowest BCUT2D eigenvalue weighted by Gasteiger charge is -2.20. The van der Waals surface area contributed by atoms with Crippen LogP contribution in [0.4, 0.5) is 4.39 Å². The van der Waals surface area contributed by atoms with E-state index in [0.29, 0.717) is 22.5 Å². The fourth-order valence-electron chi connectivity index (χ4n) is 3.14. The van der Waals surface area contributed by atoms with Crippen molar-refractivity contribution in [3.63, 3.8) is 0 Å². The number of benzene rings is 2. The van der Waals surface area contributed by atoms with Gasteiger partial charge in [-0.1, -0.05) is 42.5 Å². The summed E-state index contributed by atoms with van der Waals surface area (Å²) in [4.78, 5) is 25.0. The van der Waals surface area contributed by atoms with Crippen LogP contribution < -0.4 is 0 Å². The maximum Gasteiger partial charge on any atom is 0.204 e. The third kappa shape index (κ3) is 2.87. The Balaban J connectivity index is 2.04. The summed E-state index contributed by atoms with van der Waals surface area (Å²) in [6.45, 7) is 3.14. The smallest absolute Gasteiger partial charge is 0.204 e. The molecule has 0 amide bonds. The Morgan fingerprint density at radius 2 is 1.62 bits per heavy atom. The van der Waals surface area contributed by atoms with Gasteiger partial charge in [0.1, 0.15) is 11.6 Å². The Hall–Kier alpha value is -2.75. The SMILES string of the molecule is CC(=O)C1=C(C)O[C@H](C(=O)c2ccccc2)[C@H]1c1ccc(F)cc1. The fraction of sp³-hybridized carbons (Fsp3) is 0.200. The van der Waals surface area contributed by atoms with Crippen molar-refractivity contribution in [1.29, 1.82) is 0 Å². The highest BCUT2D eigenvalue weighted by Gasteiger charge is 2.42. The van der Waals surface area contributed by atoms with Crippen molar-refractivity contribution in [2.75, 3.05) is 0 Å². The molecule has 1 aliphatic rings. The first kappa shape index (κ1) is 16.1. The van der Waals surface area contributed by atoms with Crippen molar-refractivity contribution in [2.24, 2.45) is 0 Å². The summed E-state index contributed by atoms with van der Waals surface area (Å²) in [5, 5.41) is 0. The van der Waals surface area contributed by atoms with Crippen LogP contribution in [0.5, 0.6) is 0 Å². The fourth-order valence-corrected chi connectivity index (χ4v) is 3.14. The van der Waals surface area contributed by atoms with Gasteiger partial charge in [0, 0.05) is 11.1 Å². The van der Waals surface area contributed by atoms with E-state index in [1.807, 2.05) is 6.07 Å². The summed E-state index contributed by atoms with van der Waals surface area (Å²) in [6.07, 6.45) is -0.822. The highest BCUT2D eigenvalue weighted by atomic mass is 19.1. The van der Waals surface area contributed by atoms with Crippen LogP contribution in [0.1, 0.15) is 35.7 Å². The zero-order valence-corrected chi connectivity index (χ0v) is 13.5. The van der Waals surface area contributed by atoms with Crippen LogP contribution in [0, 0.1) is 5.82 Å². The molecule has 0 bridgehead atoms. The summed E-state index contributed by atoms with van der Waals surface area (Å²) < 4.78 is 19.0. The minimum atomic E-state index is -0.822. The van der Waals surface area contributed by atoms with Gasteiger partial charge in [0.15, 0.2) is 11.9 Å². The van der Waals surface area contributed by atoms with Gasteiger partial charge >= 0.3 is 0 Å². The van der Waals surface area contributed by atoms with Gasteiger partial charge in [-0.2, -0.15) is 0 Å². The van der Waals surface area contributed by atoms with Gasteiger partial charge < -0.3 is 4.74 Å². The predicted octanol–water partition coefficient (Wildman–Crippen LogP) is 4.05. The Morgan fingerprint density at radius 3 is 2.21 bits per heavy atom. The summed E-state index contributed by atoms with van der Waals surface area (Å²) >= 11 is 0. The summed E-state index contributed by atoms with van der Waals surface area (Å²) in [6, 6.07) is 14.7. The minimum Gasteiger partial charge on any atom is -0.485 e. The van der Waals surface area contributed by atoms with Crippen LogP contribution >= 0.6 is 0 Å².